The third kappa shape index (κ3) is 72.3. The van der Waals surface area contributed by atoms with E-state index in [0.717, 1.165) is 116 Å². The Morgan fingerprint density at radius 1 is 0.279 bits per heavy atom. The number of aliphatic hydroxyl groups excluding tert-OH is 1. The number of unbranched alkanes of at least 4 members (excludes halogenated alkanes) is 34. The van der Waals surface area contributed by atoms with Gasteiger partial charge in [-0.05, 0) is 122 Å². The standard InChI is InChI=1S/C81H136O5/c1-3-5-7-9-11-13-15-17-19-21-23-25-27-29-31-33-35-36-37-38-39-40-41-42-43-44-46-48-50-52-54-56-58-60-62-64-66-68-70-72-74-76-81(84)86-79(77-82)78-85-80(83)75-73-71-69-67-65-63-61-59-57-55-53-51-49-47-45-34-32-30-28-26-24-22-20-18-16-14-12-10-8-6-4-2/h5,7,11,13,17,19,22-25,29,31,35-36,38-39,41-42,44,46,50,52,56,58,79,82H,3-4,6,8-10,12,14-16,18,20-21,26-28,30,32-34,37,40,43,45,47-49,51,53-55,57,59-78H2,1-2H3/b7-5-,13-11-,19-17-,24-22-,25-23-,31-29-,36-35-,39-38-,42-41-,46-44-,52-50-,58-56-. The predicted octanol–water partition coefficient (Wildman–Crippen LogP) is 25.7. The molecule has 0 aliphatic rings. The molecular weight excluding hydrogens is 1050 g/mol. The van der Waals surface area contributed by atoms with Gasteiger partial charge < -0.3 is 14.6 Å². The quantitative estimate of drug-likeness (QED) is 0.0373. The number of hydrogen-bond donors (Lipinski definition) is 1. The topological polar surface area (TPSA) is 72.8 Å². The van der Waals surface area contributed by atoms with Crippen LogP contribution in [0, 0.1) is 0 Å². The molecule has 1 unspecified atom stereocenters. The minimum absolute atomic E-state index is 0.0750. The summed E-state index contributed by atoms with van der Waals surface area (Å²) >= 11 is 0. The molecule has 0 rings (SSSR count). The predicted molar refractivity (Wildman–Crippen MR) is 380 cm³/mol. The van der Waals surface area contributed by atoms with Crippen LogP contribution in [0.3, 0.4) is 0 Å². The zero-order valence-corrected chi connectivity index (χ0v) is 56.3. The molecule has 0 aromatic rings. The molecule has 0 spiro atoms. The van der Waals surface area contributed by atoms with E-state index < -0.39 is 6.10 Å². The van der Waals surface area contributed by atoms with Crippen LogP contribution in [0.4, 0.5) is 0 Å². The van der Waals surface area contributed by atoms with Crippen LogP contribution in [0.2, 0.25) is 0 Å². The van der Waals surface area contributed by atoms with Gasteiger partial charge in [0.2, 0.25) is 0 Å². The molecule has 0 bridgehead atoms. The maximum atomic E-state index is 12.4. The highest BCUT2D eigenvalue weighted by atomic mass is 16.6. The fourth-order valence-corrected chi connectivity index (χ4v) is 10.2. The molecule has 0 fully saturated rings. The third-order valence-corrected chi connectivity index (χ3v) is 15.6. The van der Waals surface area contributed by atoms with Gasteiger partial charge in [0.15, 0.2) is 6.10 Å². The second kappa shape index (κ2) is 75.0. The lowest BCUT2D eigenvalue weighted by Gasteiger charge is -2.15. The Labute approximate surface area is 533 Å². The molecule has 0 saturated heterocycles. The highest BCUT2D eigenvalue weighted by Gasteiger charge is 2.16. The molecule has 0 saturated carbocycles. The first kappa shape index (κ1) is 81.8. The minimum atomic E-state index is -0.788. The fraction of sp³-hybridized carbons (Fsp3) is 0.679. The fourth-order valence-electron chi connectivity index (χ4n) is 10.2. The molecule has 0 aromatic carbocycles. The zero-order valence-electron chi connectivity index (χ0n) is 56.3. The monoisotopic (exact) mass is 1190 g/mol. The summed E-state index contributed by atoms with van der Waals surface area (Å²) in [7, 11) is 0. The van der Waals surface area contributed by atoms with Crippen LogP contribution < -0.4 is 0 Å². The maximum absolute atomic E-state index is 12.4. The Bertz CT molecular complexity index is 1780. The van der Waals surface area contributed by atoms with Crippen LogP contribution >= 0.6 is 0 Å². The van der Waals surface area contributed by atoms with Crippen molar-refractivity contribution in [2.45, 2.75) is 341 Å². The van der Waals surface area contributed by atoms with E-state index >= 15 is 0 Å². The summed E-state index contributed by atoms with van der Waals surface area (Å²) < 4.78 is 10.8. The van der Waals surface area contributed by atoms with Crippen molar-refractivity contribution >= 4 is 11.9 Å². The van der Waals surface area contributed by atoms with Crippen molar-refractivity contribution in [2.75, 3.05) is 13.2 Å². The SMILES string of the molecule is CC/C=C\C/C=C\C/C=C\C/C=C\C/C=C\C/C=C\C/C=C\C/C=C\C/C=C\C/C=C\C/C=C\CCCCCCCCCC(=O)OC(CO)COC(=O)CCCCCCCCCCCCCCCCCCCCC/C=C\CCCCCCCCCC. The van der Waals surface area contributed by atoms with Gasteiger partial charge >= 0.3 is 11.9 Å². The van der Waals surface area contributed by atoms with E-state index in [-0.39, 0.29) is 25.2 Å². The van der Waals surface area contributed by atoms with Crippen molar-refractivity contribution in [3.63, 3.8) is 0 Å². The van der Waals surface area contributed by atoms with Gasteiger partial charge in [-0.1, -0.05) is 346 Å². The van der Waals surface area contributed by atoms with E-state index in [2.05, 4.69) is 160 Å². The van der Waals surface area contributed by atoms with Crippen molar-refractivity contribution in [1.82, 2.24) is 0 Å². The van der Waals surface area contributed by atoms with Crippen LogP contribution in [-0.4, -0.2) is 36.4 Å². The molecule has 0 aromatic heterocycles. The molecule has 0 heterocycles. The third-order valence-electron chi connectivity index (χ3n) is 15.6. The number of allylic oxidation sites excluding steroid dienone is 24. The molecule has 0 aliphatic carbocycles. The van der Waals surface area contributed by atoms with Gasteiger partial charge in [-0.3, -0.25) is 9.59 Å². The normalized spacial score (nSPS) is 13.1. The average Bonchev–Trinajstić information content (AvgIpc) is 3.54. The second-order valence-corrected chi connectivity index (χ2v) is 23.9. The number of carbonyl (C=O) groups is 2. The second-order valence-electron chi connectivity index (χ2n) is 23.9. The van der Waals surface area contributed by atoms with Crippen molar-refractivity contribution in [3.05, 3.63) is 146 Å². The van der Waals surface area contributed by atoms with Gasteiger partial charge in [-0.2, -0.15) is 0 Å². The number of ether oxygens (including phenoxy) is 2. The molecule has 1 N–H and O–H groups in total. The van der Waals surface area contributed by atoms with Gasteiger partial charge in [0.25, 0.3) is 0 Å². The first-order valence-corrected chi connectivity index (χ1v) is 36.4. The minimum Gasteiger partial charge on any atom is -0.462 e. The number of aliphatic hydroxyl groups is 1. The first-order chi connectivity index (χ1) is 42.6. The summed E-state index contributed by atoms with van der Waals surface area (Å²) in [5.74, 6) is -0.599. The molecule has 0 amide bonds. The van der Waals surface area contributed by atoms with Crippen LogP contribution in [0.5, 0.6) is 0 Å². The van der Waals surface area contributed by atoms with E-state index in [9.17, 15) is 14.7 Å². The van der Waals surface area contributed by atoms with Crippen LogP contribution in [0.1, 0.15) is 335 Å². The van der Waals surface area contributed by atoms with E-state index in [1.165, 1.54) is 193 Å². The van der Waals surface area contributed by atoms with Crippen LogP contribution in [-0.2, 0) is 19.1 Å². The lowest BCUT2D eigenvalue weighted by Crippen LogP contribution is -2.28. The first-order valence-electron chi connectivity index (χ1n) is 36.4. The summed E-state index contributed by atoms with van der Waals surface area (Å²) in [6, 6.07) is 0. The summed E-state index contributed by atoms with van der Waals surface area (Å²) in [5, 5.41) is 9.71. The van der Waals surface area contributed by atoms with E-state index in [4.69, 9.17) is 9.47 Å². The molecule has 1 atom stereocenters. The largest absolute Gasteiger partial charge is 0.462 e. The Morgan fingerprint density at radius 2 is 0.500 bits per heavy atom. The highest BCUT2D eigenvalue weighted by Crippen LogP contribution is 2.17. The molecule has 5 heteroatoms. The molecule has 0 radical (unpaired) electrons. The van der Waals surface area contributed by atoms with Gasteiger partial charge in [-0.15, -0.1) is 0 Å². The maximum Gasteiger partial charge on any atom is 0.306 e. The van der Waals surface area contributed by atoms with E-state index in [1.807, 2.05) is 0 Å². The van der Waals surface area contributed by atoms with Crippen molar-refractivity contribution < 1.29 is 24.2 Å². The molecule has 0 aliphatic heterocycles. The van der Waals surface area contributed by atoms with Crippen molar-refractivity contribution in [1.29, 1.82) is 0 Å². The zero-order chi connectivity index (χ0) is 61.9. The average molecular weight is 1190 g/mol. The molecule has 490 valence electrons. The van der Waals surface area contributed by atoms with Crippen molar-refractivity contribution in [2.24, 2.45) is 0 Å². The Kier molecular flexibility index (Phi) is 71.3. The molecular formula is C81H136O5. The smallest absolute Gasteiger partial charge is 0.306 e. The summed E-state index contributed by atoms with van der Waals surface area (Å²) in [4.78, 5) is 24.7. The highest BCUT2D eigenvalue weighted by molar-refractivity contribution is 5.70. The van der Waals surface area contributed by atoms with Gasteiger partial charge in [-0.25, -0.2) is 0 Å². The Balaban J connectivity index is 3.55. The van der Waals surface area contributed by atoms with Gasteiger partial charge in [0, 0.05) is 12.8 Å². The lowest BCUT2D eigenvalue weighted by molar-refractivity contribution is -0.161. The van der Waals surface area contributed by atoms with Gasteiger partial charge in [0.05, 0.1) is 6.61 Å². The number of rotatable bonds is 66. The van der Waals surface area contributed by atoms with E-state index in [0.29, 0.717) is 12.8 Å². The Morgan fingerprint density at radius 3 is 0.767 bits per heavy atom. The number of esters is 2. The summed E-state index contributed by atoms with van der Waals surface area (Å²) in [5.41, 5.74) is 0. The molecule has 5 nitrogen and oxygen atoms in total. The Hall–Kier alpha value is -4.22. The lowest BCUT2D eigenvalue weighted by atomic mass is 10.0. The summed E-state index contributed by atoms with van der Waals surface area (Å²) in [6.07, 6.45) is 113. The number of carbonyl (C=O) groups excluding carboxylic acids is 2. The van der Waals surface area contributed by atoms with Crippen LogP contribution in [0.15, 0.2) is 146 Å². The number of hydrogen-bond acceptors (Lipinski definition) is 5. The molecule has 86 heavy (non-hydrogen) atoms. The van der Waals surface area contributed by atoms with Crippen molar-refractivity contribution in [3.8, 4) is 0 Å². The summed E-state index contributed by atoms with van der Waals surface area (Å²) in [6.45, 7) is 4.04. The van der Waals surface area contributed by atoms with Gasteiger partial charge in [0.1, 0.15) is 6.61 Å². The van der Waals surface area contributed by atoms with E-state index in [1.54, 1.807) is 0 Å². The van der Waals surface area contributed by atoms with Crippen LogP contribution in [0.25, 0.3) is 0 Å².